The van der Waals surface area contributed by atoms with E-state index in [0.29, 0.717) is 5.92 Å². The van der Waals surface area contributed by atoms with Gasteiger partial charge in [-0.2, -0.15) is 0 Å². The Labute approximate surface area is 123 Å². The van der Waals surface area contributed by atoms with Gasteiger partial charge in [0.05, 0.1) is 0 Å². The lowest BCUT2D eigenvalue weighted by Gasteiger charge is -2.19. The van der Waals surface area contributed by atoms with Crippen LogP contribution in [0.1, 0.15) is 40.2 Å². The summed E-state index contributed by atoms with van der Waals surface area (Å²) >= 11 is 0. The number of hydrogen-bond acceptors (Lipinski definition) is 1. The minimum Gasteiger partial charge on any atom is -0.320 e. The van der Waals surface area contributed by atoms with Gasteiger partial charge in [0, 0.05) is 5.92 Å². The quantitative estimate of drug-likeness (QED) is 0.849. The van der Waals surface area contributed by atoms with Crippen LogP contribution in [-0.2, 0) is 0 Å². The first-order valence-electron chi connectivity index (χ1n) is 7.40. The van der Waals surface area contributed by atoms with Gasteiger partial charge in [-0.1, -0.05) is 48.0 Å². The van der Waals surface area contributed by atoms with Crippen LogP contribution in [0.15, 0.2) is 42.5 Å². The molecule has 0 spiro atoms. The zero-order valence-corrected chi connectivity index (χ0v) is 13.0. The van der Waals surface area contributed by atoms with Gasteiger partial charge < -0.3 is 5.32 Å². The van der Waals surface area contributed by atoms with E-state index in [2.05, 4.69) is 68.6 Å². The molecule has 2 aromatic carbocycles. The molecule has 0 saturated carbocycles. The Morgan fingerprint density at radius 1 is 0.850 bits per heavy atom. The van der Waals surface area contributed by atoms with E-state index in [9.17, 15) is 0 Å². The second kappa shape index (κ2) is 6.71. The lowest BCUT2D eigenvalue weighted by atomic mass is 9.87. The Morgan fingerprint density at radius 3 is 2.10 bits per heavy atom. The molecule has 0 heterocycles. The number of nitrogens with one attached hydrogen (secondary N) is 1. The van der Waals surface area contributed by atoms with Crippen molar-refractivity contribution in [2.24, 2.45) is 0 Å². The molecule has 1 heteroatoms. The molecular formula is C19H25N. The van der Waals surface area contributed by atoms with E-state index in [-0.39, 0.29) is 0 Å². The highest BCUT2D eigenvalue weighted by Gasteiger charge is 2.14. The summed E-state index contributed by atoms with van der Waals surface area (Å²) in [7, 11) is 2.02. The third-order valence-electron chi connectivity index (χ3n) is 4.10. The SMILES string of the molecule is CNCCC(c1ccc(C)cc1)c1ccc(C)c(C)c1. The van der Waals surface area contributed by atoms with Gasteiger partial charge in [-0.3, -0.25) is 0 Å². The van der Waals surface area contributed by atoms with E-state index in [0.717, 1.165) is 13.0 Å². The highest BCUT2D eigenvalue weighted by atomic mass is 14.8. The standard InChI is InChI=1S/C19H25N/c1-14-5-8-17(9-6-14)19(11-12-20-4)18-10-7-15(2)16(3)13-18/h5-10,13,19-20H,11-12H2,1-4H3. The van der Waals surface area contributed by atoms with Crippen LogP contribution in [0.2, 0.25) is 0 Å². The summed E-state index contributed by atoms with van der Waals surface area (Å²) in [5.74, 6) is 0.474. The van der Waals surface area contributed by atoms with Crippen molar-refractivity contribution in [1.82, 2.24) is 5.32 Å². The summed E-state index contributed by atoms with van der Waals surface area (Å²) < 4.78 is 0. The van der Waals surface area contributed by atoms with Crippen molar-refractivity contribution in [2.75, 3.05) is 13.6 Å². The summed E-state index contributed by atoms with van der Waals surface area (Å²) in [6, 6.07) is 15.8. The molecule has 0 radical (unpaired) electrons. The molecule has 0 saturated heterocycles. The van der Waals surface area contributed by atoms with Crippen LogP contribution >= 0.6 is 0 Å². The maximum Gasteiger partial charge on any atom is 0.0101 e. The maximum atomic E-state index is 3.28. The van der Waals surface area contributed by atoms with Crippen LogP contribution in [0.25, 0.3) is 0 Å². The molecule has 0 aromatic heterocycles. The summed E-state index contributed by atoms with van der Waals surface area (Å²) in [5.41, 5.74) is 6.90. The Kier molecular flexibility index (Phi) is 4.97. The molecule has 0 fully saturated rings. The summed E-state index contributed by atoms with van der Waals surface area (Å²) in [4.78, 5) is 0. The van der Waals surface area contributed by atoms with E-state index in [1.165, 1.54) is 27.8 Å². The van der Waals surface area contributed by atoms with E-state index in [1.807, 2.05) is 7.05 Å². The van der Waals surface area contributed by atoms with Gasteiger partial charge >= 0.3 is 0 Å². The van der Waals surface area contributed by atoms with Crippen LogP contribution < -0.4 is 5.32 Å². The van der Waals surface area contributed by atoms with Crippen molar-refractivity contribution in [3.8, 4) is 0 Å². The first-order valence-corrected chi connectivity index (χ1v) is 7.40. The van der Waals surface area contributed by atoms with Crippen LogP contribution in [-0.4, -0.2) is 13.6 Å². The topological polar surface area (TPSA) is 12.0 Å². The van der Waals surface area contributed by atoms with Gasteiger partial charge in [-0.05, 0) is 63.0 Å². The van der Waals surface area contributed by atoms with Gasteiger partial charge in [0.1, 0.15) is 0 Å². The van der Waals surface area contributed by atoms with Crippen LogP contribution in [0, 0.1) is 20.8 Å². The predicted octanol–water partition coefficient (Wildman–Crippen LogP) is 4.35. The van der Waals surface area contributed by atoms with Crippen LogP contribution in [0.3, 0.4) is 0 Å². The van der Waals surface area contributed by atoms with E-state index < -0.39 is 0 Å². The van der Waals surface area contributed by atoms with Crippen LogP contribution in [0.5, 0.6) is 0 Å². The molecule has 1 N–H and O–H groups in total. The second-order valence-electron chi connectivity index (χ2n) is 5.70. The van der Waals surface area contributed by atoms with Crippen molar-refractivity contribution in [1.29, 1.82) is 0 Å². The van der Waals surface area contributed by atoms with E-state index >= 15 is 0 Å². The lowest BCUT2D eigenvalue weighted by molar-refractivity contribution is 0.661. The monoisotopic (exact) mass is 267 g/mol. The fourth-order valence-corrected chi connectivity index (χ4v) is 2.59. The molecule has 0 aliphatic heterocycles. The second-order valence-corrected chi connectivity index (χ2v) is 5.70. The maximum absolute atomic E-state index is 3.28. The number of benzene rings is 2. The lowest BCUT2D eigenvalue weighted by Crippen LogP contribution is -2.13. The van der Waals surface area contributed by atoms with E-state index in [1.54, 1.807) is 0 Å². The fraction of sp³-hybridized carbons (Fsp3) is 0.368. The minimum absolute atomic E-state index is 0.474. The zero-order valence-electron chi connectivity index (χ0n) is 13.0. The molecule has 1 unspecified atom stereocenters. The molecule has 1 nitrogen and oxygen atoms in total. The van der Waals surface area contributed by atoms with Crippen molar-refractivity contribution in [3.05, 3.63) is 70.3 Å². The van der Waals surface area contributed by atoms with E-state index in [4.69, 9.17) is 0 Å². The van der Waals surface area contributed by atoms with Gasteiger partial charge in [-0.25, -0.2) is 0 Å². The minimum atomic E-state index is 0.474. The van der Waals surface area contributed by atoms with Gasteiger partial charge in [0.2, 0.25) is 0 Å². The molecule has 2 rings (SSSR count). The molecule has 0 bridgehead atoms. The first kappa shape index (κ1) is 14.8. The molecular weight excluding hydrogens is 242 g/mol. The van der Waals surface area contributed by atoms with Gasteiger partial charge in [-0.15, -0.1) is 0 Å². The predicted molar refractivity (Wildman–Crippen MR) is 87.5 cm³/mol. The number of aryl methyl sites for hydroxylation is 3. The first-order chi connectivity index (χ1) is 9.61. The van der Waals surface area contributed by atoms with Crippen LogP contribution in [0.4, 0.5) is 0 Å². The molecule has 20 heavy (non-hydrogen) atoms. The average Bonchev–Trinajstić information content (AvgIpc) is 2.45. The Hall–Kier alpha value is -1.60. The molecule has 1 atom stereocenters. The molecule has 0 amide bonds. The average molecular weight is 267 g/mol. The Balaban J connectivity index is 2.35. The fourth-order valence-electron chi connectivity index (χ4n) is 2.59. The van der Waals surface area contributed by atoms with Crippen molar-refractivity contribution < 1.29 is 0 Å². The Morgan fingerprint density at radius 2 is 1.50 bits per heavy atom. The summed E-state index contributed by atoms with van der Waals surface area (Å²) in [5, 5.41) is 3.28. The van der Waals surface area contributed by atoms with Crippen molar-refractivity contribution in [3.63, 3.8) is 0 Å². The summed E-state index contributed by atoms with van der Waals surface area (Å²) in [6.45, 7) is 7.55. The number of hydrogen-bond donors (Lipinski definition) is 1. The smallest absolute Gasteiger partial charge is 0.0101 e. The van der Waals surface area contributed by atoms with Gasteiger partial charge in [0.25, 0.3) is 0 Å². The zero-order chi connectivity index (χ0) is 14.5. The largest absolute Gasteiger partial charge is 0.320 e. The molecule has 0 aliphatic rings. The number of rotatable bonds is 5. The highest BCUT2D eigenvalue weighted by Crippen LogP contribution is 2.29. The summed E-state index contributed by atoms with van der Waals surface area (Å²) in [6.07, 6.45) is 1.13. The third kappa shape index (κ3) is 3.49. The van der Waals surface area contributed by atoms with Crippen molar-refractivity contribution >= 4 is 0 Å². The molecule has 0 aliphatic carbocycles. The normalized spacial score (nSPS) is 12.4. The third-order valence-corrected chi connectivity index (χ3v) is 4.10. The highest BCUT2D eigenvalue weighted by molar-refractivity contribution is 5.38. The van der Waals surface area contributed by atoms with Gasteiger partial charge in [0.15, 0.2) is 0 Å². The molecule has 2 aromatic rings. The Bertz CT molecular complexity index is 554. The van der Waals surface area contributed by atoms with Crippen molar-refractivity contribution in [2.45, 2.75) is 33.1 Å². The molecule has 106 valence electrons.